The Balaban J connectivity index is 1.82. The molecule has 4 rings (SSSR count). The van der Waals surface area contributed by atoms with Crippen molar-refractivity contribution < 1.29 is 10.2 Å². The van der Waals surface area contributed by atoms with Gasteiger partial charge < -0.3 is 10.2 Å². The van der Waals surface area contributed by atoms with Crippen molar-refractivity contribution in [1.82, 2.24) is 0 Å². The minimum absolute atomic E-state index is 0.395. The number of aromatic hydroxyl groups is 2. The number of rotatable bonds is 0. The predicted molar refractivity (Wildman–Crippen MR) is 108 cm³/mol. The van der Waals surface area contributed by atoms with Gasteiger partial charge in [0.2, 0.25) is 0 Å². The van der Waals surface area contributed by atoms with Crippen molar-refractivity contribution in [3.05, 3.63) is 28.3 Å². The number of benzene rings is 1. The lowest BCUT2D eigenvalue weighted by Crippen LogP contribution is -2.08. The molecule has 0 aromatic heterocycles. The van der Waals surface area contributed by atoms with Crippen LogP contribution in [0.25, 0.3) is 6.08 Å². The summed E-state index contributed by atoms with van der Waals surface area (Å²) >= 11 is 0. The zero-order valence-corrected chi connectivity index (χ0v) is 16.1. The maximum Gasteiger partial charge on any atom is 0.126 e. The van der Waals surface area contributed by atoms with Crippen LogP contribution in [0.2, 0.25) is 0 Å². The van der Waals surface area contributed by atoms with Gasteiger partial charge in [0.1, 0.15) is 11.5 Å². The van der Waals surface area contributed by atoms with Crippen LogP contribution in [0.1, 0.15) is 105 Å². The van der Waals surface area contributed by atoms with Crippen LogP contribution in [0.3, 0.4) is 0 Å². The van der Waals surface area contributed by atoms with Crippen molar-refractivity contribution in [2.75, 3.05) is 0 Å². The molecule has 3 aliphatic rings. The Morgan fingerprint density at radius 1 is 0.692 bits per heavy atom. The summed E-state index contributed by atoms with van der Waals surface area (Å²) in [7, 11) is 0. The van der Waals surface area contributed by atoms with Gasteiger partial charge in [0.05, 0.1) is 0 Å². The quantitative estimate of drug-likeness (QED) is 0.514. The minimum atomic E-state index is 0.395. The highest BCUT2D eigenvalue weighted by Gasteiger charge is 2.30. The molecule has 2 heteroatoms. The molecular formula is C24H34O2. The summed E-state index contributed by atoms with van der Waals surface area (Å²) in [5, 5.41) is 22.5. The second-order valence-electron chi connectivity index (χ2n) is 8.79. The first kappa shape index (κ1) is 17.9. The molecule has 142 valence electrons. The van der Waals surface area contributed by atoms with Gasteiger partial charge in [-0.15, -0.1) is 0 Å². The SMILES string of the molecule is Oc1c2c(c(O)c3c1CCCCCCC3)C1CCCCCCC(C=C2)C1. The van der Waals surface area contributed by atoms with Crippen LogP contribution < -0.4 is 0 Å². The summed E-state index contributed by atoms with van der Waals surface area (Å²) in [6, 6.07) is 0. The van der Waals surface area contributed by atoms with Gasteiger partial charge in [0, 0.05) is 22.3 Å². The van der Waals surface area contributed by atoms with Gasteiger partial charge in [0.25, 0.3) is 0 Å². The minimum Gasteiger partial charge on any atom is -0.507 e. The van der Waals surface area contributed by atoms with Crippen molar-refractivity contribution in [3.8, 4) is 11.5 Å². The first-order chi connectivity index (χ1) is 12.8. The Morgan fingerprint density at radius 3 is 2.08 bits per heavy atom. The van der Waals surface area contributed by atoms with Crippen LogP contribution >= 0.6 is 0 Å². The van der Waals surface area contributed by atoms with E-state index in [-0.39, 0.29) is 0 Å². The summed E-state index contributed by atoms with van der Waals surface area (Å²) in [6.45, 7) is 0. The van der Waals surface area contributed by atoms with Gasteiger partial charge in [-0.05, 0) is 56.8 Å². The van der Waals surface area contributed by atoms with Gasteiger partial charge in [-0.25, -0.2) is 0 Å². The van der Waals surface area contributed by atoms with E-state index in [1.54, 1.807) is 0 Å². The molecule has 1 aromatic carbocycles. The van der Waals surface area contributed by atoms with E-state index in [2.05, 4.69) is 12.2 Å². The van der Waals surface area contributed by atoms with Gasteiger partial charge in [0.15, 0.2) is 0 Å². The average molecular weight is 355 g/mol. The van der Waals surface area contributed by atoms with E-state index in [0.717, 1.165) is 60.8 Å². The fourth-order valence-corrected chi connectivity index (χ4v) is 5.54. The molecule has 2 nitrogen and oxygen atoms in total. The number of fused-ring (bicyclic) bond motifs is 5. The van der Waals surface area contributed by atoms with Crippen molar-refractivity contribution in [2.45, 2.75) is 95.8 Å². The Hall–Kier alpha value is -1.44. The smallest absolute Gasteiger partial charge is 0.126 e. The van der Waals surface area contributed by atoms with E-state index in [4.69, 9.17) is 0 Å². The molecule has 0 radical (unpaired) electrons. The van der Waals surface area contributed by atoms with E-state index < -0.39 is 0 Å². The zero-order valence-electron chi connectivity index (χ0n) is 16.1. The molecule has 0 amide bonds. The molecule has 0 heterocycles. The fraction of sp³-hybridized carbons (Fsp3) is 0.667. The number of allylic oxidation sites excluding steroid dienone is 1. The maximum atomic E-state index is 11.3. The van der Waals surface area contributed by atoms with Gasteiger partial charge in [-0.3, -0.25) is 0 Å². The fourth-order valence-electron chi connectivity index (χ4n) is 5.54. The lowest BCUT2D eigenvalue weighted by molar-refractivity contribution is 0.416. The van der Waals surface area contributed by atoms with E-state index in [9.17, 15) is 10.2 Å². The summed E-state index contributed by atoms with van der Waals surface area (Å²) in [5.41, 5.74) is 4.11. The van der Waals surface area contributed by atoms with Gasteiger partial charge >= 0.3 is 0 Å². The van der Waals surface area contributed by atoms with Crippen molar-refractivity contribution in [2.24, 2.45) is 5.92 Å². The van der Waals surface area contributed by atoms with Gasteiger partial charge in [-0.2, -0.15) is 0 Å². The largest absolute Gasteiger partial charge is 0.507 e. The summed E-state index contributed by atoms with van der Waals surface area (Å²) in [5.74, 6) is 2.00. The molecule has 2 N–H and O–H groups in total. The number of phenols is 2. The summed E-state index contributed by atoms with van der Waals surface area (Å²) in [6.07, 6.45) is 21.0. The number of hydrogen-bond donors (Lipinski definition) is 2. The predicted octanol–water partition coefficient (Wildman–Crippen LogP) is 6.62. The monoisotopic (exact) mass is 354 g/mol. The lowest BCUT2D eigenvalue weighted by atomic mass is 9.81. The standard InChI is InChI=1S/C24H34O2/c25-23-19-12-8-2-1-3-9-13-20(19)24(26)22-18-11-7-5-4-6-10-17(16-18)14-15-21(22)23/h14-15,17-18,25-26H,1-13,16H2. The first-order valence-electron chi connectivity index (χ1n) is 11.0. The molecular weight excluding hydrogens is 320 g/mol. The highest BCUT2D eigenvalue weighted by molar-refractivity contribution is 5.71. The molecule has 2 unspecified atom stereocenters. The van der Waals surface area contributed by atoms with E-state index in [1.807, 2.05) is 0 Å². The van der Waals surface area contributed by atoms with Crippen LogP contribution in [-0.2, 0) is 12.8 Å². The van der Waals surface area contributed by atoms with E-state index >= 15 is 0 Å². The van der Waals surface area contributed by atoms with Crippen molar-refractivity contribution >= 4 is 6.08 Å². The second kappa shape index (κ2) is 8.06. The molecule has 3 aliphatic carbocycles. The third kappa shape index (κ3) is 3.52. The molecule has 26 heavy (non-hydrogen) atoms. The molecule has 2 bridgehead atoms. The topological polar surface area (TPSA) is 40.5 Å². The first-order valence-corrected chi connectivity index (χ1v) is 11.0. The number of hydrogen-bond acceptors (Lipinski definition) is 2. The zero-order chi connectivity index (χ0) is 17.9. The third-order valence-corrected chi connectivity index (χ3v) is 7.00. The maximum absolute atomic E-state index is 11.3. The third-order valence-electron chi connectivity index (χ3n) is 7.00. The summed E-state index contributed by atoms with van der Waals surface area (Å²) < 4.78 is 0. The summed E-state index contributed by atoms with van der Waals surface area (Å²) in [4.78, 5) is 0. The molecule has 1 fully saturated rings. The second-order valence-corrected chi connectivity index (χ2v) is 8.79. The molecule has 1 aromatic rings. The highest BCUT2D eigenvalue weighted by atomic mass is 16.3. The van der Waals surface area contributed by atoms with E-state index in [1.165, 1.54) is 51.4 Å². The van der Waals surface area contributed by atoms with E-state index in [0.29, 0.717) is 23.3 Å². The highest BCUT2D eigenvalue weighted by Crippen LogP contribution is 2.49. The Bertz CT molecular complexity index is 674. The molecule has 0 spiro atoms. The van der Waals surface area contributed by atoms with Crippen LogP contribution in [-0.4, -0.2) is 10.2 Å². The Kier molecular flexibility index (Phi) is 5.57. The van der Waals surface area contributed by atoms with Crippen LogP contribution in [0.15, 0.2) is 6.08 Å². The van der Waals surface area contributed by atoms with Crippen molar-refractivity contribution in [3.63, 3.8) is 0 Å². The Morgan fingerprint density at radius 2 is 1.31 bits per heavy atom. The Labute approximate surface area is 158 Å². The number of phenolic OH excluding ortho intramolecular Hbond substituents is 2. The normalized spacial score (nSPS) is 26.8. The molecule has 2 atom stereocenters. The average Bonchev–Trinajstić information content (AvgIpc) is 2.71. The van der Waals surface area contributed by atoms with Crippen LogP contribution in [0, 0.1) is 5.92 Å². The van der Waals surface area contributed by atoms with Gasteiger partial charge in [-0.1, -0.05) is 57.1 Å². The van der Waals surface area contributed by atoms with Crippen LogP contribution in [0.4, 0.5) is 0 Å². The molecule has 1 saturated carbocycles. The van der Waals surface area contributed by atoms with Crippen molar-refractivity contribution in [1.29, 1.82) is 0 Å². The van der Waals surface area contributed by atoms with Crippen LogP contribution in [0.5, 0.6) is 11.5 Å². The lowest BCUT2D eigenvalue weighted by Gasteiger charge is -2.25. The molecule has 0 aliphatic heterocycles. The molecule has 0 saturated heterocycles.